The summed E-state index contributed by atoms with van der Waals surface area (Å²) in [5, 5.41) is 9.89. The van der Waals surface area contributed by atoms with Crippen LogP contribution in [0.4, 0.5) is 5.82 Å². The van der Waals surface area contributed by atoms with E-state index in [0.29, 0.717) is 0 Å². The third kappa shape index (κ3) is 3.09. The summed E-state index contributed by atoms with van der Waals surface area (Å²) < 4.78 is 11.5. The monoisotopic (exact) mass is 269 g/mol. The molecular formula is C11H15N3O5. The third-order valence-electron chi connectivity index (χ3n) is 2.76. The van der Waals surface area contributed by atoms with E-state index in [2.05, 4.69) is 4.98 Å². The lowest BCUT2D eigenvalue weighted by Crippen LogP contribution is -2.31. The molecule has 104 valence electrons. The zero-order valence-electron chi connectivity index (χ0n) is 10.4. The van der Waals surface area contributed by atoms with E-state index in [1.54, 1.807) is 0 Å². The number of nitrogens with two attached hydrogens (primary N) is 1. The van der Waals surface area contributed by atoms with Crippen LogP contribution in [-0.4, -0.2) is 39.4 Å². The smallest absolute Gasteiger partial charge is 0.351 e. The van der Waals surface area contributed by atoms with E-state index in [1.807, 2.05) is 0 Å². The van der Waals surface area contributed by atoms with Gasteiger partial charge in [0.1, 0.15) is 18.5 Å². The number of hydrogen-bond acceptors (Lipinski definition) is 7. The summed E-state index contributed by atoms with van der Waals surface area (Å²) in [5.74, 6) is -0.321. The second-order valence-electron chi connectivity index (χ2n) is 4.30. The van der Waals surface area contributed by atoms with Crippen molar-refractivity contribution in [3.63, 3.8) is 0 Å². The normalized spacial score (nSPS) is 26.3. The van der Waals surface area contributed by atoms with Gasteiger partial charge in [-0.1, -0.05) is 0 Å². The Morgan fingerprint density at radius 1 is 1.74 bits per heavy atom. The van der Waals surface area contributed by atoms with Crippen molar-refractivity contribution in [3.05, 3.63) is 22.7 Å². The molecule has 19 heavy (non-hydrogen) atoms. The number of carbonyl (C=O) groups is 1. The van der Waals surface area contributed by atoms with Gasteiger partial charge in [0, 0.05) is 19.5 Å². The molecule has 0 bridgehead atoms. The number of nitrogens with zero attached hydrogens (tertiary/aromatic N) is 2. The summed E-state index contributed by atoms with van der Waals surface area (Å²) >= 11 is 0. The number of aliphatic hydroxyl groups excluding tert-OH is 1. The summed E-state index contributed by atoms with van der Waals surface area (Å²) in [6.45, 7) is 1.33. The Hall–Kier alpha value is -1.93. The van der Waals surface area contributed by atoms with Crippen molar-refractivity contribution < 1.29 is 19.4 Å². The highest BCUT2D eigenvalue weighted by molar-refractivity contribution is 5.65. The van der Waals surface area contributed by atoms with Crippen molar-refractivity contribution in [2.24, 2.45) is 0 Å². The quantitative estimate of drug-likeness (QED) is 0.678. The van der Waals surface area contributed by atoms with Crippen LogP contribution in [-0.2, 0) is 14.3 Å². The molecule has 8 heteroatoms. The number of rotatable bonds is 3. The van der Waals surface area contributed by atoms with Crippen LogP contribution < -0.4 is 11.4 Å². The Labute approximate surface area is 108 Å². The molecule has 1 aliphatic heterocycles. The van der Waals surface area contributed by atoms with E-state index in [0.717, 1.165) is 4.57 Å². The topological polar surface area (TPSA) is 117 Å². The molecule has 1 aromatic rings. The van der Waals surface area contributed by atoms with Crippen LogP contribution in [0.2, 0.25) is 0 Å². The molecule has 0 aromatic carbocycles. The third-order valence-corrected chi connectivity index (χ3v) is 2.76. The Morgan fingerprint density at radius 3 is 3.11 bits per heavy atom. The SMILES string of the molecule is CC(=O)OC[C@@H]1C[C@H](O)[C@H](n2ccc(N)nc2=O)O1. The summed E-state index contributed by atoms with van der Waals surface area (Å²) in [4.78, 5) is 25.9. The molecule has 1 saturated heterocycles. The molecule has 3 N–H and O–H groups in total. The van der Waals surface area contributed by atoms with Crippen LogP contribution in [0, 0.1) is 0 Å². The molecular weight excluding hydrogens is 254 g/mol. The fourth-order valence-electron chi connectivity index (χ4n) is 1.92. The highest BCUT2D eigenvalue weighted by atomic mass is 16.6. The first kappa shape index (κ1) is 13.5. The lowest BCUT2D eigenvalue weighted by atomic mass is 10.2. The second-order valence-corrected chi connectivity index (χ2v) is 4.30. The number of nitrogen functional groups attached to an aromatic ring is 1. The number of anilines is 1. The molecule has 1 aromatic heterocycles. The van der Waals surface area contributed by atoms with Gasteiger partial charge >= 0.3 is 11.7 Å². The first-order valence-electron chi connectivity index (χ1n) is 5.79. The lowest BCUT2D eigenvalue weighted by Gasteiger charge is -2.17. The van der Waals surface area contributed by atoms with E-state index in [4.69, 9.17) is 15.2 Å². The van der Waals surface area contributed by atoms with Crippen molar-refractivity contribution in [1.29, 1.82) is 0 Å². The Bertz CT molecular complexity index is 529. The molecule has 0 saturated carbocycles. The average Bonchev–Trinajstić information content (AvgIpc) is 2.68. The largest absolute Gasteiger partial charge is 0.463 e. The first-order chi connectivity index (χ1) is 8.97. The average molecular weight is 269 g/mol. The molecule has 0 amide bonds. The Kier molecular flexibility index (Phi) is 3.82. The molecule has 1 fully saturated rings. The summed E-state index contributed by atoms with van der Waals surface area (Å²) in [7, 11) is 0. The van der Waals surface area contributed by atoms with Crippen molar-refractivity contribution in [2.75, 3.05) is 12.3 Å². The minimum Gasteiger partial charge on any atom is -0.463 e. The van der Waals surface area contributed by atoms with E-state index < -0.39 is 30.1 Å². The summed E-state index contributed by atoms with van der Waals surface area (Å²) in [5.41, 5.74) is 4.78. The zero-order valence-corrected chi connectivity index (χ0v) is 10.4. The van der Waals surface area contributed by atoms with Gasteiger partial charge in [-0.2, -0.15) is 4.98 Å². The molecule has 0 radical (unpaired) electrons. The number of carbonyl (C=O) groups excluding carboxylic acids is 1. The molecule has 1 aliphatic rings. The summed E-state index contributed by atoms with van der Waals surface area (Å²) in [6, 6.07) is 1.44. The molecule has 3 atom stereocenters. The van der Waals surface area contributed by atoms with Gasteiger partial charge in [-0.15, -0.1) is 0 Å². The van der Waals surface area contributed by atoms with Gasteiger partial charge in [0.25, 0.3) is 0 Å². The lowest BCUT2D eigenvalue weighted by molar-refractivity contribution is -0.146. The predicted molar refractivity (Wildman–Crippen MR) is 64.1 cm³/mol. The second kappa shape index (κ2) is 5.37. The van der Waals surface area contributed by atoms with Gasteiger partial charge in [0.2, 0.25) is 0 Å². The number of esters is 1. The molecule has 2 rings (SSSR count). The van der Waals surface area contributed by atoms with Gasteiger partial charge in [0.15, 0.2) is 6.23 Å². The highest BCUT2D eigenvalue weighted by Gasteiger charge is 2.36. The van der Waals surface area contributed by atoms with Gasteiger partial charge < -0.3 is 20.3 Å². The number of aromatic nitrogens is 2. The van der Waals surface area contributed by atoms with Crippen LogP contribution in [0.15, 0.2) is 17.1 Å². The maximum absolute atomic E-state index is 11.6. The van der Waals surface area contributed by atoms with E-state index in [-0.39, 0.29) is 18.8 Å². The van der Waals surface area contributed by atoms with Crippen LogP contribution >= 0.6 is 0 Å². The minimum absolute atomic E-state index is 0.0417. The molecule has 2 heterocycles. The van der Waals surface area contributed by atoms with Crippen LogP contribution in [0.5, 0.6) is 0 Å². The van der Waals surface area contributed by atoms with E-state index in [1.165, 1.54) is 19.2 Å². The number of aliphatic hydroxyl groups is 1. The maximum Gasteiger partial charge on any atom is 0.351 e. The van der Waals surface area contributed by atoms with Crippen LogP contribution in [0.1, 0.15) is 19.6 Å². The summed E-state index contributed by atoms with van der Waals surface area (Å²) in [6.07, 6.45) is -0.486. The Morgan fingerprint density at radius 2 is 2.47 bits per heavy atom. The Balaban J connectivity index is 2.09. The fraction of sp³-hybridized carbons (Fsp3) is 0.545. The minimum atomic E-state index is -0.872. The highest BCUT2D eigenvalue weighted by Crippen LogP contribution is 2.27. The van der Waals surface area contributed by atoms with Gasteiger partial charge in [-0.25, -0.2) is 4.79 Å². The molecule has 0 aliphatic carbocycles. The van der Waals surface area contributed by atoms with Crippen molar-refractivity contribution >= 4 is 11.8 Å². The van der Waals surface area contributed by atoms with Gasteiger partial charge in [0.05, 0.1) is 6.10 Å². The number of hydrogen-bond donors (Lipinski definition) is 2. The van der Waals surface area contributed by atoms with Crippen molar-refractivity contribution in [1.82, 2.24) is 9.55 Å². The standard InChI is InChI=1S/C11H15N3O5/c1-6(15)18-5-7-4-8(16)10(19-7)14-3-2-9(12)13-11(14)17/h2-3,7-8,10,16H,4-5H2,1H3,(H2,12,13,17)/t7-,8-,10+/m0/s1. The van der Waals surface area contributed by atoms with Crippen molar-refractivity contribution in [2.45, 2.75) is 31.8 Å². The molecule has 0 unspecified atom stereocenters. The van der Waals surface area contributed by atoms with Gasteiger partial charge in [-0.3, -0.25) is 9.36 Å². The molecule has 8 nitrogen and oxygen atoms in total. The van der Waals surface area contributed by atoms with Crippen LogP contribution in [0.3, 0.4) is 0 Å². The predicted octanol–water partition coefficient (Wildman–Crippen LogP) is -0.963. The first-order valence-corrected chi connectivity index (χ1v) is 5.79. The van der Waals surface area contributed by atoms with E-state index in [9.17, 15) is 14.7 Å². The fourth-order valence-corrected chi connectivity index (χ4v) is 1.92. The van der Waals surface area contributed by atoms with E-state index >= 15 is 0 Å². The zero-order chi connectivity index (χ0) is 14.0. The maximum atomic E-state index is 11.6. The number of ether oxygens (including phenoxy) is 2. The van der Waals surface area contributed by atoms with Crippen LogP contribution in [0.25, 0.3) is 0 Å². The van der Waals surface area contributed by atoms with Gasteiger partial charge in [-0.05, 0) is 6.07 Å². The van der Waals surface area contributed by atoms with Crippen molar-refractivity contribution in [3.8, 4) is 0 Å². The molecule has 0 spiro atoms.